The van der Waals surface area contributed by atoms with Gasteiger partial charge in [-0.3, -0.25) is 14.4 Å². The molecule has 1 saturated heterocycles. The van der Waals surface area contributed by atoms with Crippen LogP contribution in [0.5, 0.6) is 0 Å². The zero-order valence-electron chi connectivity index (χ0n) is 15.5. The summed E-state index contributed by atoms with van der Waals surface area (Å²) in [6.45, 7) is 0.949. The zero-order chi connectivity index (χ0) is 20.5. The van der Waals surface area contributed by atoms with Crippen LogP contribution < -0.4 is 5.32 Å². The van der Waals surface area contributed by atoms with Crippen LogP contribution in [-0.4, -0.2) is 46.9 Å². The fraction of sp³-hybridized carbons (Fsp3) is 0.300. The molecule has 1 aromatic carbocycles. The fourth-order valence-electron chi connectivity index (χ4n) is 3.44. The monoisotopic (exact) mass is 414 g/mol. The highest BCUT2D eigenvalue weighted by molar-refractivity contribution is 7.99. The number of amides is 2. The maximum Gasteiger partial charge on any atom is 0.330 e. The van der Waals surface area contributed by atoms with Crippen LogP contribution in [0.2, 0.25) is 0 Å². The number of nitrogens with one attached hydrogen (secondary N) is 1. The first-order chi connectivity index (χ1) is 13.9. The first-order valence-corrected chi connectivity index (χ1v) is 10.1. The van der Waals surface area contributed by atoms with Gasteiger partial charge >= 0.3 is 5.97 Å². The number of carbonyl (C=O) groups is 4. The van der Waals surface area contributed by atoms with E-state index in [0.717, 1.165) is 5.56 Å². The molecule has 0 spiro atoms. The van der Waals surface area contributed by atoms with Crippen molar-refractivity contribution in [2.75, 3.05) is 17.7 Å². The van der Waals surface area contributed by atoms with Gasteiger partial charge in [-0.2, -0.15) is 0 Å². The van der Waals surface area contributed by atoms with Crippen LogP contribution in [0.25, 0.3) is 0 Å². The van der Waals surface area contributed by atoms with E-state index in [4.69, 9.17) is 9.15 Å². The minimum atomic E-state index is -0.790. The lowest BCUT2D eigenvalue weighted by molar-refractivity contribution is -0.152. The van der Waals surface area contributed by atoms with E-state index >= 15 is 0 Å². The molecule has 2 aliphatic heterocycles. The van der Waals surface area contributed by atoms with Gasteiger partial charge in [-0.05, 0) is 35.9 Å². The van der Waals surface area contributed by atoms with Gasteiger partial charge in [0.25, 0.3) is 0 Å². The predicted octanol–water partition coefficient (Wildman–Crippen LogP) is 2.16. The zero-order valence-corrected chi connectivity index (χ0v) is 16.4. The van der Waals surface area contributed by atoms with Gasteiger partial charge in [0.05, 0.1) is 12.7 Å². The van der Waals surface area contributed by atoms with Crippen molar-refractivity contribution in [2.45, 2.75) is 24.8 Å². The van der Waals surface area contributed by atoms with Crippen molar-refractivity contribution in [2.24, 2.45) is 0 Å². The van der Waals surface area contributed by atoms with Gasteiger partial charge in [0, 0.05) is 23.9 Å². The van der Waals surface area contributed by atoms with E-state index in [9.17, 15) is 19.2 Å². The van der Waals surface area contributed by atoms with E-state index in [0.29, 0.717) is 22.8 Å². The van der Waals surface area contributed by atoms with Crippen molar-refractivity contribution >= 4 is 41.0 Å². The van der Waals surface area contributed by atoms with Crippen LogP contribution in [0.1, 0.15) is 34.0 Å². The molecule has 1 aromatic heterocycles. The molecule has 2 atom stereocenters. The molecule has 0 bridgehead atoms. The molecule has 29 heavy (non-hydrogen) atoms. The molecule has 0 radical (unpaired) electrons. The highest BCUT2D eigenvalue weighted by Gasteiger charge is 2.43. The summed E-state index contributed by atoms with van der Waals surface area (Å²) >= 11 is 1.40. The number of carbonyl (C=O) groups excluding carboxylic acids is 4. The van der Waals surface area contributed by atoms with E-state index < -0.39 is 24.0 Å². The summed E-state index contributed by atoms with van der Waals surface area (Å²) in [7, 11) is 0. The van der Waals surface area contributed by atoms with Crippen molar-refractivity contribution in [3.63, 3.8) is 0 Å². The number of hydrogen-bond donors (Lipinski definition) is 1. The Balaban J connectivity index is 1.40. The fourth-order valence-corrected chi connectivity index (χ4v) is 4.86. The normalized spacial score (nSPS) is 20.3. The lowest BCUT2D eigenvalue weighted by Gasteiger charge is -2.25. The number of ether oxygens (including phenoxy) is 1. The number of ketones is 1. The van der Waals surface area contributed by atoms with Crippen molar-refractivity contribution in [3.8, 4) is 0 Å². The van der Waals surface area contributed by atoms with Gasteiger partial charge in [-0.15, -0.1) is 11.8 Å². The van der Waals surface area contributed by atoms with Crippen molar-refractivity contribution in [1.29, 1.82) is 0 Å². The van der Waals surface area contributed by atoms with Crippen LogP contribution in [0.3, 0.4) is 0 Å². The molecular weight excluding hydrogens is 396 g/mol. The Morgan fingerprint density at radius 1 is 1.31 bits per heavy atom. The number of fused-ring (bicyclic) bond motifs is 1. The van der Waals surface area contributed by atoms with E-state index in [2.05, 4.69) is 5.32 Å². The van der Waals surface area contributed by atoms with E-state index in [1.807, 2.05) is 0 Å². The summed E-state index contributed by atoms with van der Waals surface area (Å²) in [5.41, 5.74) is 1.79. The Morgan fingerprint density at radius 3 is 2.86 bits per heavy atom. The molecule has 2 amide bonds. The third-order valence-corrected chi connectivity index (χ3v) is 6.10. The van der Waals surface area contributed by atoms with Crippen LogP contribution in [0.4, 0.5) is 5.69 Å². The largest absolute Gasteiger partial charge is 0.466 e. The maximum atomic E-state index is 12.6. The summed E-state index contributed by atoms with van der Waals surface area (Å²) < 4.78 is 10.6. The number of thioether (sulfide) groups is 1. The topological polar surface area (TPSA) is 106 Å². The van der Waals surface area contributed by atoms with Crippen molar-refractivity contribution in [3.05, 3.63) is 53.5 Å². The molecule has 8 nitrogen and oxygen atoms in total. The van der Waals surface area contributed by atoms with Gasteiger partial charge in [0.15, 0.2) is 12.4 Å². The first-order valence-electron chi connectivity index (χ1n) is 9.00. The molecule has 150 valence electrons. The third kappa shape index (κ3) is 3.77. The van der Waals surface area contributed by atoms with Crippen LogP contribution >= 0.6 is 11.8 Å². The third-order valence-electron chi connectivity index (χ3n) is 4.82. The Bertz CT molecular complexity index is 987. The number of nitrogens with zero attached hydrogens (tertiary/aromatic N) is 1. The SMILES string of the molecule is CC(=O)N1[C@H](C(=O)OCC(=O)c2ccc3c(c2)CC(=O)N3)CS[C@H]1c1ccco1. The second-order valence-electron chi connectivity index (χ2n) is 6.77. The average Bonchev–Trinajstić information content (AvgIpc) is 3.42. The Labute approximate surface area is 170 Å². The molecule has 9 heteroatoms. The summed E-state index contributed by atoms with van der Waals surface area (Å²) in [6, 6.07) is 7.55. The number of Topliss-reactive ketones (excluding diaryl/α,β-unsaturated/α-hetero) is 1. The summed E-state index contributed by atoms with van der Waals surface area (Å²) in [6.07, 6.45) is 1.73. The standard InChI is InChI=1S/C20H18N2O6S/c1-11(23)22-15(10-29-19(22)17-3-2-6-27-17)20(26)28-9-16(24)12-4-5-14-13(7-12)8-18(25)21-14/h2-7,15,19H,8-10H2,1H3,(H,21,25)/t15-,19-/m0/s1. The molecular formula is C20H18N2O6S. The molecule has 2 aromatic rings. The molecule has 2 aliphatic rings. The van der Waals surface area contributed by atoms with Gasteiger partial charge in [0.2, 0.25) is 11.8 Å². The van der Waals surface area contributed by atoms with Crippen LogP contribution in [0.15, 0.2) is 41.0 Å². The highest BCUT2D eigenvalue weighted by Crippen LogP contribution is 2.41. The molecule has 0 saturated carbocycles. The van der Waals surface area contributed by atoms with Crippen LogP contribution in [-0.2, 0) is 25.5 Å². The molecule has 0 aliphatic carbocycles. The average molecular weight is 414 g/mol. The summed E-state index contributed by atoms with van der Waals surface area (Å²) in [5, 5.41) is 2.29. The smallest absolute Gasteiger partial charge is 0.330 e. The summed E-state index contributed by atoms with van der Waals surface area (Å²) in [5.74, 6) is -0.468. The number of esters is 1. The van der Waals surface area contributed by atoms with Gasteiger partial charge in [0.1, 0.15) is 17.2 Å². The lowest BCUT2D eigenvalue weighted by Crippen LogP contribution is -2.43. The summed E-state index contributed by atoms with van der Waals surface area (Å²) in [4.78, 5) is 50.0. The maximum absolute atomic E-state index is 12.6. The van der Waals surface area contributed by atoms with Crippen molar-refractivity contribution in [1.82, 2.24) is 4.90 Å². The van der Waals surface area contributed by atoms with Gasteiger partial charge in [-0.25, -0.2) is 4.79 Å². The number of hydrogen-bond acceptors (Lipinski definition) is 7. The Hall–Kier alpha value is -3.07. The number of furan rings is 1. The Kier molecular flexibility index (Phi) is 5.14. The second-order valence-corrected chi connectivity index (χ2v) is 7.88. The number of rotatable bonds is 5. The number of benzene rings is 1. The lowest BCUT2D eigenvalue weighted by atomic mass is 10.1. The van der Waals surface area contributed by atoms with Gasteiger partial charge < -0.3 is 19.4 Å². The van der Waals surface area contributed by atoms with E-state index in [-0.39, 0.29) is 24.0 Å². The molecule has 1 N–H and O–H groups in total. The van der Waals surface area contributed by atoms with Crippen molar-refractivity contribution < 1.29 is 28.3 Å². The highest BCUT2D eigenvalue weighted by atomic mass is 32.2. The predicted molar refractivity (Wildman–Crippen MR) is 104 cm³/mol. The van der Waals surface area contributed by atoms with Gasteiger partial charge in [-0.1, -0.05) is 0 Å². The number of anilines is 1. The minimum absolute atomic E-state index is 0.120. The second kappa shape index (κ2) is 7.75. The van der Waals surface area contributed by atoms with E-state index in [1.165, 1.54) is 29.8 Å². The molecule has 0 unspecified atom stereocenters. The Morgan fingerprint density at radius 2 is 2.14 bits per heavy atom. The quantitative estimate of drug-likeness (QED) is 0.590. The molecule has 1 fully saturated rings. The first kappa shape index (κ1) is 19.3. The van der Waals surface area contributed by atoms with E-state index in [1.54, 1.807) is 30.3 Å². The minimum Gasteiger partial charge on any atom is -0.466 e. The molecule has 3 heterocycles. The van der Waals surface area contributed by atoms with Crippen LogP contribution in [0, 0.1) is 0 Å². The molecule has 4 rings (SSSR count).